The molecule has 0 saturated heterocycles. The molecular weight excluding hydrogens is 222 g/mol. The zero-order chi connectivity index (χ0) is 10.1. The highest BCUT2D eigenvalue weighted by molar-refractivity contribution is 8.00. The van der Waals surface area contributed by atoms with Crippen molar-refractivity contribution in [3.8, 4) is 0 Å². The first kappa shape index (κ1) is 9.55. The van der Waals surface area contributed by atoms with Gasteiger partial charge >= 0.3 is 0 Å². The van der Waals surface area contributed by atoms with Crippen LogP contribution in [0, 0.1) is 0 Å². The van der Waals surface area contributed by atoms with Crippen molar-refractivity contribution < 1.29 is 10.0 Å². The number of ketones is 1. The lowest BCUT2D eigenvalue weighted by molar-refractivity contribution is 0.105. The molecule has 0 bridgehead atoms. The van der Waals surface area contributed by atoms with E-state index in [0.717, 1.165) is 4.90 Å². The number of benzene rings is 1. The summed E-state index contributed by atoms with van der Waals surface area (Å²) in [5, 5.41) is 12.0. The first-order valence-electron chi connectivity index (χ1n) is 3.90. The number of hydrogen-bond acceptors (Lipinski definition) is 4. The minimum Gasteiger partial charge on any atom is -0.411 e. The van der Waals surface area contributed by atoms with Gasteiger partial charge in [0.1, 0.15) is 5.71 Å². The molecule has 0 fully saturated rings. The molecule has 1 aliphatic heterocycles. The van der Waals surface area contributed by atoms with E-state index >= 15 is 0 Å². The standard InChI is InChI=1S/C9H6ClNO2S/c10-5-1-2-8-6(3-5)9(12)7(11-13)4-14-8/h1-3,13H,4H2. The minimum atomic E-state index is -0.247. The van der Waals surface area contributed by atoms with E-state index in [-0.39, 0.29) is 11.5 Å². The molecule has 1 aromatic carbocycles. The number of oxime groups is 1. The number of hydrogen-bond donors (Lipinski definition) is 1. The smallest absolute Gasteiger partial charge is 0.212 e. The van der Waals surface area contributed by atoms with Gasteiger partial charge in [-0.3, -0.25) is 4.79 Å². The molecule has 1 heterocycles. The van der Waals surface area contributed by atoms with Crippen LogP contribution in [-0.4, -0.2) is 22.5 Å². The summed E-state index contributed by atoms with van der Waals surface area (Å²) in [6, 6.07) is 5.13. The van der Waals surface area contributed by atoms with Crippen molar-refractivity contribution in [2.24, 2.45) is 5.16 Å². The average molecular weight is 228 g/mol. The van der Waals surface area contributed by atoms with Gasteiger partial charge in [-0.25, -0.2) is 0 Å². The van der Waals surface area contributed by atoms with Gasteiger partial charge in [-0.2, -0.15) is 0 Å². The summed E-state index contributed by atoms with van der Waals surface area (Å²) in [4.78, 5) is 12.5. The number of halogens is 1. The van der Waals surface area contributed by atoms with E-state index in [1.165, 1.54) is 11.8 Å². The van der Waals surface area contributed by atoms with Gasteiger partial charge in [0.15, 0.2) is 0 Å². The zero-order valence-electron chi connectivity index (χ0n) is 7.03. The maximum atomic E-state index is 11.6. The van der Waals surface area contributed by atoms with Gasteiger partial charge < -0.3 is 5.21 Å². The van der Waals surface area contributed by atoms with Crippen LogP contribution in [0.25, 0.3) is 0 Å². The molecule has 0 atom stereocenters. The van der Waals surface area contributed by atoms with Crippen molar-refractivity contribution in [2.75, 3.05) is 5.75 Å². The molecule has 0 spiro atoms. The fourth-order valence-corrected chi connectivity index (χ4v) is 2.37. The van der Waals surface area contributed by atoms with Crippen molar-refractivity contribution in [3.63, 3.8) is 0 Å². The van der Waals surface area contributed by atoms with Gasteiger partial charge in [0.05, 0.1) is 0 Å². The highest BCUT2D eigenvalue weighted by Crippen LogP contribution is 2.30. The maximum Gasteiger partial charge on any atom is 0.212 e. The van der Waals surface area contributed by atoms with Crippen LogP contribution in [0.5, 0.6) is 0 Å². The number of carbonyl (C=O) groups is 1. The van der Waals surface area contributed by atoms with Crippen LogP contribution < -0.4 is 0 Å². The third kappa shape index (κ3) is 1.51. The molecule has 0 aromatic heterocycles. The minimum absolute atomic E-state index is 0.171. The largest absolute Gasteiger partial charge is 0.411 e. The summed E-state index contributed by atoms with van der Waals surface area (Å²) in [6.07, 6.45) is 0. The lowest BCUT2D eigenvalue weighted by Crippen LogP contribution is -2.21. The number of thioether (sulfide) groups is 1. The zero-order valence-corrected chi connectivity index (χ0v) is 8.60. The van der Waals surface area contributed by atoms with Crippen LogP contribution in [0.1, 0.15) is 10.4 Å². The number of nitrogens with zero attached hydrogens (tertiary/aromatic N) is 1. The number of fused-ring (bicyclic) bond motifs is 1. The van der Waals surface area contributed by atoms with Crippen molar-refractivity contribution >= 4 is 34.9 Å². The molecule has 5 heteroatoms. The van der Waals surface area contributed by atoms with Gasteiger partial charge in [-0.05, 0) is 18.2 Å². The monoisotopic (exact) mass is 227 g/mol. The van der Waals surface area contributed by atoms with Crippen LogP contribution >= 0.6 is 23.4 Å². The van der Waals surface area contributed by atoms with Crippen molar-refractivity contribution in [1.82, 2.24) is 0 Å². The van der Waals surface area contributed by atoms with Gasteiger partial charge in [0.2, 0.25) is 5.78 Å². The van der Waals surface area contributed by atoms with E-state index in [4.69, 9.17) is 16.8 Å². The topological polar surface area (TPSA) is 49.7 Å². The Kier molecular flexibility index (Phi) is 2.48. The second-order valence-corrected chi connectivity index (χ2v) is 4.26. The Morgan fingerprint density at radius 2 is 2.29 bits per heavy atom. The quantitative estimate of drug-likeness (QED) is 0.547. The Morgan fingerprint density at radius 1 is 1.50 bits per heavy atom. The van der Waals surface area contributed by atoms with Crippen LogP contribution in [0.15, 0.2) is 28.3 Å². The third-order valence-corrected chi connectivity index (χ3v) is 3.25. The first-order chi connectivity index (χ1) is 6.72. The predicted molar refractivity (Wildman–Crippen MR) is 55.7 cm³/mol. The SMILES string of the molecule is O=C1C(=NO)CSc2ccc(Cl)cc21. The molecule has 0 aliphatic carbocycles. The van der Waals surface area contributed by atoms with Crippen LogP contribution in [0.3, 0.4) is 0 Å². The fraction of sp³-hybridized carbons (Fsp3) is 0.111. The molecule has 0 unspecified atom stereocenters. The second kappa shape index (κ2) is 3.63. The molecule has 72 valence electrons. The number of carbonyl (C=O) groups excluding carboxylic acids is 1. The molecule has 3 nitrogen and oxygen atoms in total. The molecule has 0 saturated carbocycles. The van der Waals surface area contributed by atoms with Crippen molar-refractivity contribution in [3.05, 3.63) is 28.8 Å². The highest BCUT2D eigenvalue weighted by atomic mass is 35.5. The summed E-state index contributed by atoms with van der Waals surface area (Å²) >= 11 is 7.23. The van der Waals surface area contributed by atoms with Gasteiger partial charge in [0, 0.05) is 21.2 Å². The second-order valence-electron chi connectivity index (χ2n) is 2.80. The molecule has 0 amide bonds. The van der Waals surface area contributed by atoms with E-state index in [9.17, 15) is 4.79 Å². The van der Waals surface area contributed by atoms with E-state index in [2.05, 4.69) is 5.16 Å². The van der Waals surface area contributed by atoms with E-state index in [1.807, 2.05) is 0 Å². The molecule has 1 aliphatic rings. The van der Waals surface area contributed by atoms with Gasteiger partial charge in [-0.15, -0.1) is 11.8 Å². The Balaban J connectivity index is 2.54. The molecular formula is C9H6ClNO2S. The average Bonchev–Trinajstić information content (AvgIpc) is 2.20. The van der Waals surface area contributed by atoms with Crippen LogP contribution in [-0.2, 0) is 0 Å². The Hall–Kier alpha value is -1.00. The summed E-state index contributed by atoms with van der Waals surface area (Å²) in [7, 11) is 0. The molecule has 0 radical (unpaired) electrons. The Labute approximate surface area is 89.8 Å². The summed E-state index contributed by atoms with van der Waals surface area (Å²) in [6.45, 7) is 0. The lowest BCUT2D eigenvalue weighted by Gasteiger charge is -2.14. The summed E-state index contributed by atoms with van der Waals surface area (Å²) in [5.41, 5.74) is 0.686. The summed E-state index contributed by atoms with van der Waals surface area (Å²) in [5.74, 6) is 0.160. The first-order valence-corrected chi connectivity index (χ1v) is 5.26. The fourth-order valence-electron chi connectivity index (χ4n) is 1.25. The van der Waals surface area contributed by atoms with Gasteiger partial charge in [-0.1, -0.05) is 16.8 Å². The normalized spacial score (nSPS) is 18.4. The Bertz CT molecular complexity index is 431. The summed E-state index contributed by atoms with van der Waals surface area (Å²) < 4.78 is 0. The molecule has 2 rings (SSSR count). The number of rotatable bonds is 0. The predicted octanol–water partition coefficient (Wildman–Crippen LogP) is 2.46. The van der Waals surface area contributed by atoms with Crippen LogP contribution in [0.2, 0.25) is 5.02 Å². The molecule has 1 aromatic rings. The van der Waals surface area contributed by atoms with Gasteiger partial charge in [0.25, 0.3) is 0 Å². The molecule has 14 heavy (non-hydrogen) atoms. The van der Waals surface area contributed by atoms with E-state index in [1.54, 1.807) is 18.2 Å². The lowest BCUT2D eigenvalue weighted by atomic mass is 10.1. The van der Waals surface area contributed by atoms with Crippen molar-refractivity contribution in [1.29, 1.82) is 0 Å². The highest BCUT2D eigenvalue weighted by Gasteiger charge is 2.24. The molecule has 1 N–H and O–H groups in total. The van der Waals surface area contributed by atoms with E-state index in [0.29, 0.717) is 16.3 Å². The number of Topliss-reactive ketones (excluding diaryl/α,β-unsaturated/α-hetero) is 1. The third-order valence-electron chi connectivity index (χ3n) is 1.93. The van der Waals surface area contributed by atoms with E-state index < -0.39 is 0 Å². The maximum absolute atomic E-state index is 11.6. The van der Waals surface area contributed by atoms with Crippen LogP contribution in [0.4, 0.5) is 0 Å². The van der Waals surface area contributed by atoms with Crippen molar-refractivity contribution in [2.45, 2.75) is 4.90 Å². The Morgan fingerprint density at radius 3 is 3.00 bits per heavy atom.